The maximum absolute atomic E-state index is 12.0. The molecule has 0 aromatic heterocycles. The molecule has 0 atom stereocenters. The maximum atomic E-state index is 12.0. The lowest BCUT2D eigenvalue weighted by atomic mass is 10.1. The summed E-state index contributed by atoms with van der Waals surface area (Å²) in [5.74, 6) is 0.129. The van der Waals surface area contributed by atoms with Crippen molar-refractivity contribution in [3.63, 3.8) is 0 Å². The van der Waals surface area contributed by atoms with Crippen LogP contribution >= 0.6 is 0 Å². The van der Waals surface area contributed by atoms with Gasteiger partial charge in [0.15, 0.2) is 0 Å². The minimum atomic E-state index is -0.410. The fourth-order valence-electron chi connectivity index (χ4n) is 1.85. The Morgan fingerprint density at radius 1 is 1.05 bits per heavy atom. The molecule has 3 heteroatoms. The number of benzene rings is 2. The first-order valence-electron chi connectivity index (χ1n) is 6.87. The molecule has 0 bridgehead atoms. The molecule has 0 aliphatic carbocycles. The molecule has 0 saturated carbocycles. The summed E-state index contributed by atoms with van der Waals surface area (Å²) in [6.07, 6.45) is 1.42. The molecule has 2 aromatic carbocycles. The highest BCUT2D eigenvalue weighted by Gasteiger charge is 2.12. The second-order valence-corrected chi connectivity index (χ2v) is 4.51. The van der Waals surface area contributed by atoms with Gasteiger partial charge < -0.3 is 9.47 Å². The molecule has 21 heavy (non-hydrogen) atoms. The highest BCUT2D eigenvalue weighted by Crippen LogP contribution is 2.29. The molecule has 0 fully saturated rings. The Labute approximate surface area is 124 Å². The highest BCUT2D eigenvalue weighted by molar-refractivity contribution is 5.90. The molecule has 0 radical (unpaired) electrons. The van der Waals surface area contributed by atoms with Gasteiger partial charge in [-0.05, 0) is 25.5 Å². The summed E-state index contributed by atoms with van der Waals surface area (Å²) in [7, 11) is 0. The molecule has 2 rings (SSSR count). The van der Waals surface area contributed by atoms with E-state index in [4.69, 9.17) is 9.47 Å². The first-order valence-corrected chi connectivity index (χ1v) is 6.87. The molecule has 0 heterocycles. The predicted octanol–water partition coefficient (Wildman–Crippen LogP) is 4.20. The van der Waals surface area contributed by atoms with Crippen molar-refractivity contribution in [2.75, 3.05) is 6.61 Å². The fraction of sp³-hybridized carbons (Fsp3) is 0.167. The predicted molar refractivity (Wildman–Crippen MR) is 82.9 cm³/mol. The number of rotatable bonds is 5. The molecule has 2 aromatic rings. The van der Waals surface area contributed by atoms with E-state index in [1.807, 2.05) is 55.5 Å². The normalized spacial score (nSPS) is 11.0. The Kier molecular flexibility index (Phi) is 5.16. The Balaban J connectivity index is 2.24. The smallest absolute Gasteiger partial charge is 0.342 e. The molecular formula is C18H18O3. The summed E-state index contributed by atoms with van der Waals surface area (Å²) in [5.41, 5.74) is 2.32. The maximum Gasteiger partial charge on any atom is 0.342 e. The van der Waals surface area contributed by atoms with Crippen LogP contribution in [0.25, 0.3) is 11.1 Å². The van der Waals surface area contributed by atoms with Crippen molar-refractivity contribution in [3.8, 4) is 16.9 Å². The molecule has 0 N–H and O–H groups in total. The average molecular weight is 282 g/mol. The van der Waals surface area contributed by atoms with Crippen LogP contribution in [0, 0.1) is 0 Å². The first-order chi connectivity index (χ1) is 10.2. The van der Waals surface area contributed by atoms with Gasteiger partial charge in [-0.15, -0.1) is 0 Å². The van der Waals surface area contributed by atoms with E-state index in [0.717, 1.165) is 11.1 Å². The van der Waals surface area contributed by atoms with Gasteiger partial charge in [-0.2, -0.15) is 0 Å². The first kappa shape index (κ1) is 14.9. The van der Waals surface area contributed by atoms with E-state index in [1.54, 1.807) is 13.0 Å². The lowest BCUT2D eigenvalue weighted by molar-refractivity contribution is -0.130. The molecular weight excluding hydrogens is 264 g/mol. The van der Waals surface area contributed by atoms with E-state index in [0.29, 0.717) is 17.9 Å². The lowest BCUT2D eigenvalue weighted by Crippen LogP contribution is -2.10. The van der Waals surface area contributed by atoms with Crippen LogP contribution in [-0.2, 0) is 9.53 Å². The minimum absolute atomic E-state index is 0.410. The average Bonchev–Trinajstić information content (AvgIpc) is 2.54. The van der Waals surface area contributed by atoms with Gasteiger partial charge in [-0.3, -0.25) is 0 Å². The summed E-state index contributed by atoms with van der Waals surface area (Å²) < 4.78 is 10.6. The second kappa shape index (κ2) is 7.29. The lowest BCUT2D eigenvalue weighted by Gasteiger charge is -2.10. The Hall–Kier alpha value is -2.55. The van der Waals surface area contributed by atoms with Crippen molar-refractivity contribution in [1.82, 2.24) is 0 Å². The van der Waals surface area contributed by atoms with Crippen LogP contribution in [0.5, 0.6) is 5.75 Å². The van der Waals surface area contributed by atoms with E-state index in [-0.39, 0.29) is 0 Å². The third-order valence-electron chi connectivity index (χ3n) is 2.92. The number of esters is 1. The van der Waals surface area contributed by atoms with E-state index < -0.39 is 5.97 Å². The summed E-state index contributed by atoms with van der Waals surface area (Å²) in [6.45, 7) is 4.05. The number of carbonyl (C=O) groups is 1. The quantitative estimate of drug-likeness (QED) is 0.357. The van der Waals surface area contributed by atoms with Crippen molar-refractivity contribution in [1.29, 1.82) is 0 Å². The highest BCUT2D eigenvalue weighted by atomic mass is 16.5. The van der Waals surface area contributed by atoms with Gasteiger partial charge in [-0.25, -0.2) is 4.79 Å². The van der Waals surface area contributed by atoms with Crippen molar-refractivity contribution in [3.05, 3.63) is 66.4 Å². The zero-order valence-corrected chi connectivity index (χ0v) is 12.2. The zero-order valence-electron chi connectivity index (χ0n) is 12.2. The summed E-state index contributed by atoms with van der Waals surface area (Å²) in [4.78, 5) is 12.0. The fourth-order valence-corrected chi connectivity index (χ4v) is 1.85. The summed E-state index contributed by atoms with van der Waals surface area (Å²) in [5, 5.41) is 0. The Morgan fingerprint density at radius 2 is 1.71 bits per heavy atom. The van der Waals surface area contributed by atoms with Crippen molar-refractivity contribution in [2.45, 2.75) is 13.8 Å². The largest absolute Gasteiger partial charge is 0.501 e. The van der Waals surface area contributed by atoms with Gasteiger partial charge in [0.25, 0.3) is 0 Å². The van der Waals surface area contributed by atoms with Gasteiger partial charge >= 0.3 is 5.97 Å². The minimum Gasteiger partial charge on any atom is -0.501 e. The monoisotopic (exact) mass is 282 g/mol. The molecule has 3 nitrogen and oxygen atoms in total. The Morgan fingerprint density at radius 3 is 2.43 bits per heavy atom. The number of ether oxygens (including phenoxy) is 2. The van der Waals surface area contributed by atoms with Crippen LogP contribution in [0.3, 0.4) is 0 Å². The van der Waals surface area contributed by atoms with Crippen molar-refractivity contribution < 1.29 is 14.3 Å². The number of para-hydroxylation sites is 1. The molecule has 0 aliphatic heterocycles. The standard InChI is InChI=1S/C18H18O3/c1-3-20-13-14(2)18(19)21-17-12-8-7-11-16(17)15-9-5-4-6-10-15/h4-13H,3H2,1-2H3. The Bertz CT molecular complexity index is 630. The molecule has 0 spiro atoms. The topological polar surface area (TPSA) is 35.5 Å². The molecule has 0 amide bonds. The zero-order chi connectivity index (χ0) is 15.1. The van der Waals surface area contributed by atoms with Crippen LogP contribution in [-0.4, -0.2) is 12.6 Å². The SMILES string of the molecule is CCOC=C(C)C(=O)Oc1ccccc1-c1ccccc1. The van der Waals surface area contributed by atoms with E-state index >= 15 is 0 Å². The summed E-state index contributed by atoms with van der Waals surface area (Å²) in [6, 6.07) is 17.3. The van der Waals surface area contributed by atoms with Crippen LogP contribution in [0.2, 0.25) is 0 Å². The van der Waals surface area contributed by atoms with E-state index in [1.165, 1.54) is 6.26 Å². The van der Waals surface area contributed by atoms with Gasteiger partial charge in [0.2, 0.25) is 0 Å². The number of hydrogen-bond acceptors (Lipinski definition) is 3. The van der Waals surface area contributed by atoms with Crippen LogP contribution in [0.1, 0.15) is 13.8 Å². The van der Waals surface area contributed by atoms with Crippen LogP contribution < -0.4 is 4.74 Å². The third kappa shape index (κ3) is 3.96. The molecule has 0 aliphatic rings. The van der Waals surface area contributed by atoms with Gasteiger partial charge in [0, 0.05) is 5.56 Å². The molecule has 0 saturated heterocycles. The van der Waals surface area contributed by atoms with E-state index in [2.05, 4.69) is 0 Å². The third-order valence-corrected chi connectivity index (χ3v) is 2.92. The molecule has 0 unspecified atom stereocenters. The van der Waals surface area contributed by atoms with Gasteiger partial charge in [0.1, 0.15) is 5.75 Å². The summed E-state index contributed by atoms with van der Waals surface area (Å²) >= 11 is 0. The number of hydrogen-bond donors (Lipinski definition) is 0. The van der Waals surface area contributed by atoms with Crippen molar-refractivity contribution in [2.24, 2.45) is 0 Å². The van der Waals surface area contributed by atoms with Crippen LogP contribution in [0.15, 0.2) is 66.4 Å². The second-order valence-electron chi connectivity index (χ2n) is 4.51. The van der Waals surface area contributed by atoms with Crippen LogP contribution in [0.4, 0.5) is 0 Å². The van der Waals surface area contributed by atoms with Gasteiger partial charge in [0.05, 0.1) is 18.4 Å². The van der Waals surface area contributed by atoms with E-state index in [9.17, 15) is 4.79 Å². The molecule has 108 valence electrons. The van der Waals surface area contributed by atoms with Crippen molar-refractivity contribution >= 4 is 5.97 Å². The van der Waals surface area contributed by atoms with Gasteiger partial charge in [-0.1, -0.05) is 48.5 Å². The number of carbonyl (C=O) groups excluding carboxylic acids is 1.